The van der Waals surface area contributed by atoms with Crippen molar-refractivity contribution in [3.63, 3.8) is 0 Å². The second kappa shape index (κ2) is 6.36. The molecule has 1 fully saturated rings. The number of carbonyl (C=O) groups is 1. The Hall–Kier alpha value is -2.62. The summed E-state index contributed by atoms with van der Waals surface area (Å²) in [5, 5.41) is 5.86. The lowest BCUT2D eigenvalue weighted by atomic mass is 9.86. The molecule has 1 amide bonds. The lowest BCUT2D eigenvalue weighted by molar-refractivity contribution is 0.0906. The standard InChI is InChI=1S/C21H21NO3/c1-13-6-2-5-9-18(13)22-20(23)17-12-16-15-8-4-3-7-14(15)10-11-19(16)25-21(17)24/h3-4,7-8,10-13,18H,2,5-6,9H2,1H3,(H,22,23)/t13-,18+/m1/s1. The van der Waals surface area contributed by atoms with Gasteiger partial charge in [-0.2, -0.15) is 0 Å². The predicted molar refractivity (Wildman–Crippen MR) is 98.9 cm³/mol. The van der Waals surface area contributed by atoms with Crippen LogP contribution in [0.25, 0.3) is 21.7 Å². The van der Waals surface area contributed by atoms with Gasteiger partial charge in [0.25, 0.3) is 5.91 Å². The molecule has 0 saturated heterocycles. The van der Waals surface area contributed by atoms with Gasteiger partial charge >= 0.3 is 5.63 Å². The monoisotopic (exact) mass is 335 g/mol. The Morgan fingerprint density at radius 2 is 1.88 bits per heavy atom. The van der Waals surface area contributed by atoms with Crippen molar-refractivity contribution in [2.24, 2.45) is 5.92 Å². The van der Waals surface area contributed by atoms with E-state index < -0.39 is 5.63 Å². The molecule has 128 valence electrons. The summed E-state index contributed by atoms with van der Waals surface area (Å²) >= 11 is 0. The van der Waals surface area contributed by atoms with Crippen LogP contribution in [0.1, 0.15) is 43.0 Å². The maximum Gasteiger partial charge on any atom is 0.349 e. The lowest BCUT2D eigenvalue weighted by Crippen LogP contribution is -2.42. The average molecular weight is 335 g/mol. The van der Waals surface area contributed by atoms with Gasteiger partial charge in [-0.1, -0.05) is 50.1 Å². The molecule has 0 radical (unpaired) electrons. The fourth-order valence-corrected chi connectivity index (χ4v) is 3.81. The van der Waals surface area contributed by atoms with Crippen LogP contribution in [0, 0.1) is 5.92 Å². The van der Waals surface area contributed by atoms with Crippen LogP contribution in [0.2, 0.25) is 0 Å². The normalized spacial score (nSPS) is 20.7. The number of hydrogen-bond donors (Lipinski definition) is 1. The van der Waals surface area contributed by atoms with Gasteiger partial charge in [-0.25, -0.2) is 4.79 Å². The van der Waals surface area contributed by atoms with Crippen LogP contribution in [0.4, 0.5) is 0 Å². The molecule has 1 aromatic heterocycles. The van der Waals surface area contributed by atoms with Crippen molar-refractivity contribution in [1.29, 1.82) is 0 Å². The third kappa shape index (κ3) is 2.93. The Morgan fingerprint density at radius 3 is 2.72 bits per heavy atom. The highest BCUT2D eigenvalue weighted by Gasteiger charge is 2.25. The first-order chi connectivity index (χ1) is 12.1. The van der Waals surface area contributed by atoms with Gasteiger partial charge in [-0.3, -0.25) is 4.79 Å². The summed E-state index contributed by atoms with van der Waals surface area (Å²) in [5.41, 5.74) is 0.0108. The van der Waals surface area contributed by atoms with E-state index >= 15 is 0 Å². The summed E-state index contributed by atoms with van der Waals surface area (Å²) in [6, 6.07) is 13.4. The molecule has 25 heavy (non-hydrogen) atoms. The largest absolute Gasteiger partial charge is 0.422 e. The molecule has 0 bridgehead atoms. The van der Waals surface area contributed by atoms with Gasteiger partial charge in [0.05, 0.1) is 0 Å². The Balaban J connectivity index is 1.76. The molecule has 4 nitrogen and oxygen atoms in total. The van der Waals surface area contributed by atoms with Crippen LogP contribution in [0.5, 0.6) is 0 Å². The molecule has 2 atom stereocenters. The predicted octanol–water partition coefficient (Wildman–Crippen LogP) is 4.25. The highest BCUT2D eigenvalue weighted by atomic mass is 16.4. The zero-order chi connectivity index (χ0) is 17.4. The van der Waals surface area contributed by atoms with Crippen molar-refractivity contribution < 1.29 is 9.21 Å². The summed E-state index contributed by atoms with van der Waals surface area (Å²) in [6.45, 7) is 2.15. The number of nitrogens with one attached hydrogen (secondary N) is 1. The van der Waals surface area contributed by atoms with Crippen molar-refractivity contribution in [1.82, 2.24) is 5.32 Å². The molecular weight excluding hydrogens is 314 g/mol. The molecule has 0 unspecified atom stereocenters. The van der Waals surface area contributed by atoms with E-state index in [-0.39, 0.29) is 17.5 Å². The van der Waals surface area contributed by atoms with Crippen molar-refractivity contribution in [2.45, 2.75) is 38.6 Å². The minimum atomic E-state index is -0.580. The van der Waals surface area contributed by atoms with Crippen LogP contribution < -0.4 is 10.9 Å². The number of carbonyl (C=O) groups excluding carboxylic acids is 1. The first kappa shape index (κ1) is 15.9. The number of hydrogen-bond acceptors (Lipinski definition) is 3. The summed E-state index contributed by atoms with van der Waals surface area (Å²) in [6.07, 6.45) is 4.40. The van der Waals surface area contributed by atoms with E-state index in [1.165, 1.54) is 6.42 Å². The molecule has 1 aliphatic carbocycles. The van der Waals surface area contributed by atoms with Gasteiger partial charge in [-0.15, -0.1) is 0 Å². The summed E-state index contributed by atoms with van der Waals surface area (Å²) in [7, 11) is 0. The van der Waals surface area contributed by atoms with Crippen LogP contribution >= 0.6 is 0 Å². The molecule has 4 rings (SSSR count). The molecule has 4 heteroatoms. The number of fused-ring (bicyclic) bond motifs is 3. The van der Waals surface area contributed by atoms with Crippen LogP contribution in [0.15, 0.2) is 51.7 Å². The van der Waals surface area contributed by atoms with Crippen molar-refractivity contribution in [2.75, 3.05) is 0 Å². The van der Waals surface area contributed by atoms with E-state index in [4.69, 9.17) is 4.42 Å². The molecule has 1 heterocycles. The van der Waals surface area contributed by atoms with E-state index in [2.05, 4.69) is 12.2 Å². The third-order valence-electron chi connectivity index (χ3n) is 5.31. The highest BCUT2D eigenvalue weighted by Crippen LogP contribution is 2.26. The zero-order valence-electron chi connectivity index (χ0n) is 14.2. The SMILES string of the molecule is C[C@@H]1CCCC[C@@H]1NC(=O)c1cc2c(ccc3ccccc32)oc1=O. The van der Waals surface area contributed by atoms with Crippen LogP contribution in [0.3, 0.4) is 0 Å². The summed E-state index contributed by atoms with van der Waals surface area (Å²) in [4.78, 5) is 25.0. The van der Waals surface area contributed by atoms with Crippen molar-refractivity contribution in [3.05, 3.63) is 58.4 Å². The smallest absolute Gasteiger partial charge is 0.349 e. The first-order valence-corrected chi connectivity index (χ1v) is 8.90. The fraction of sp³-hybridized carbons (Fsp3) is 0.333. The first-order valence-electron chi connectivity index (χ1n) is 8.90. The Labute approximate surface area is 145 Å². The van der Waals surface area contributed by atoms with Gasteiger partial charge in [0.1, 0.15) is 11.1 Å². The van der Waals surface area contributed by atoms with E-state index in [1.807, 2.05) is 30.3 Å². The maximum absolute atomic E-state index is 12.7. The number of benzene rings is 2. The Bertz CT molecular complexity index is 1000. The second-order valence-corrected chi connectivity index (χ2v) is 6.99. The van der Waals surface area contributed by atoms with Crippen LogP contribution in [-0.4, -0.2) is 11.9 Å². The zero-order valence-corrected chi connectivity index (χ0v) is 14.2. The number of amides is 1. The van der Waals surface area contributed by atoms with Gasteiger partial charge in [0.2, 0.25) is 0 Å². The molecule has 0 aliphatic heterocycles. The topological polar surface area (TPSA) is 59.3 Å². The Morgan fingerprint density at radius 1 is 1.08 bits per heavy atom. The maximum atomic E-state index is 12.7. The molecule has 1 N–H and O–H groups in total. The van der Waals surface area contributed by atoms with E-state index in [9.17, 15) is 9.59 Å². The van der Waals surface area contributed by atoms with E-state index in [1.54, 1.807) is 12.1 Å². The lowest BCUT2D eigenvalue weighted by Gasteiger charge is -2.29. The van der Waals surface area contributed by atoms with Crippen LogP contribution in [-0.2, 0) is 0 Å². The second-order valence-electron chi connectivity index (χ2n) is 6.99. The van der Waals surface area contributed by atoms with Crippen molar-refractivity contribution >= 4 is 27.6 Å². The molecule has 3 aromatic rings. The highest BCUT2D eigenvalue weighted by molar-refractivity contribution is 6.07. The fourth-order valence-electron chi connectivity index (χ4n) is 3.81. The van der Waals surface area contributed by atoms with Gasteiger partial charge in [-0.05, 0) is 41.7 Å². The summed E-state index contributed by atoms with van der Waals surface area (Å²) < 4.78 is 5.42. The number of rotatable bonds is 2. The third-order valence-corrected chi connectivity index (χ3v) is 5.31. The Kier molecular flexibility index (Phi) is 4.04. The van der Waals surface area contributed by atoms with Gasteiger partial charge in [0, 0.05) is 11.4 Å². The van der Waals surface area contributed by atoms with E-state index in [0.717, 1.165) is 35.4 Å². The van der Waals surface area contributed by atoms with Crippen molar-refractivity contribution in [3.8, 4) is 0 Å². The molecule has 1 saturated carbocycles. The molecule has 0 spiro atoms. The van der Waals surface area contributed by atoms with E-state index in [0.29, 0.717) is 11.5 Å². The molecular formula is C21H21NO3. The van der Waals surface area contributed by atoms with Gasteiger partial charge < -0.3 is 9.73 Å². The minimum absolute atomic E-state index is 0.0848. The summed E-state index contributed by atoms with van der Waals surface area (Å²) in [5.74, 6) is 0.105. The minimum Gasteiger partial charge on any atom is -0.422 e. The quantitative estimate of drug-likeness (QED) is 0.562. The van der Waals surface area contributed by atoms with Gasteiger partial charge in [0.15, 0.2) is 0 Å². The average Bonchev–Trinajstić information content (AvgIpc) is 2.62. The molecule has 2 aromatic carbocycles. The molecule has 1 aliphatic rings.